The van der Waals surface area contributed by atoms with Crippen LogP contribution in [0.3, 0.4) is 0 Å². The average Bonchev–Trinajstić information content (AvgIpc) is 3.23. The summed E-state index contributed by atoms with van der Waals surface area (Å²) in [5.74, 6) is 0.623. The van der Waals surface area contributed by atoms with E-state index in [4.69, 9.17) is 27.9 Å². The highest BCUT2D eigenvalue weighted by atomic mass is 35.5. The Balaban J connectivity index is 1.36. The minimum Gasteiger partial charge on any atom is -0.482 e. The predicted molar refractivity (Wildman–Crippen MR) is 114 cm³/mol. The minimum absolute atomic E-state index is 0.106. The van der Waals surface area contributed by atoms with Gasteiger partial charge in [-0.05, 0) is 30.3 Å². The second kappa shape index (κ2) is 8.93. The summed E-state index contributed by atoms with van der Waals surface area (Å²) < 4.78 is 21.5. The molecule has 6 nitrogen and oxygen atoms in total. The van der Waals surface area contributed by atoms with Crippen molar-refractivity contribution in [2.75, 3.05) is 37.7 Å². The van der Waals surface area contributed by atoms with E-state index in [1.54, 1.807) is 58.3 Å². The van der Waals surface area contributed by atoms with Gasteiger partial charge in [-0.15, -0.1) is 0 Å². The third-order valence-corrected chi connectivity index (χ3v) is 5.42. The zero-order chi connectivity index (χ0) is 21.1. The molecule has 2 heterocycles. The summed E-state index contributed by atoms with van der Waals surface area (Å²) in [5, 5.41) is 0.864. The summed E-state index contributed by atoms with van der Waals surface area (Å²) in [6, 6.07) is 11.4. The van der Waals surface area contributed by atoms with Gasteiger partial charge in [0.05, 0.1) is 10.7 Å². The number of amides is 1. The molecule has 30 heavy (non-hydrogen) atoms. The van der Waals surface area contributed by atoms with Crippen molar-refractivity contribution in [1.82, 2.24) is 14.5 Å². The molecule has 9 heteroatoms. The van der Waals surface area contributed by atoms with Crippen LogP contribution < -0.4 is 9.64 Å². The predicted octanol–water partition coefficient (Wildman–Crippen LogP) is 4.05. The fraction of sp³-hybridized carbons (Fsp3) is 0.238. The maximum absolute atomic E-state index is 14.2. The van der Waals surface area contributed by atoms with Crippen LogP contribution in [-0.4, -0.2) is 53.1 Å². The molecule has 4 rings (SSSR count). The van der Waals surface area contributed by atoms with Crippen molar-refractivity contribution in [3.8, 4) is 11.4 Å². The summed E-state index contributed by atoms with van der Waals surface area (Å²) in [6.45, 7) is 2.09. The molecule has 0 bridgehead atoms. The maximum atomic E-state index is 14.2. The van der Waals surface area contributed by atoms with Gasteiger partial charge in [0, 0.05) is 43.6 Å². The smallest absolute Gasteiger partial charge is 0.260 e. The molecule has 0 spiro atoms. The number of piperazine rings is 1. The number of rotatable bonds is 5. The topological polar surface area (TPSA) is 50.6 Å². The van der Waals surface area contributed by atoms with Crippen LogP contribution in [0.5, 0.6) is 5.75 Å². The number of hydrogen-bond acceptors (Lipinski definition) is 4. The largest absolute Gasteiger partial charge is 0.482 e. The van der Waals surface area contributed by atoms with E-state index in [2.05, 4.69) is 4.98 Å². The van der Waals surface area contributed by atoms with Crippen LogP contribution in [-0.2, 0) is 4.79 Å². The van der Waals surface area contributed by atoms with Gasteiger partial charge in [-0.25, -0.2) is 9.37 Å². The van der Waals surface area contributed by atoms with Gasteiger partial charge < -0.3 is 14.5 Å². The van der Waals surface area contributed by atoms with E-state index in [9.17, 15) is 9.18 Å². The van der Waals surface area contributed by atoms with Gasteiger partial charge in [0.1, 0.15) is 11.6 Å². The van der Waals surface area contributed by atoms with E-state index in [1.165, 1.54) is 6.07 Å². The van der Waals surface area contributed by atoms with E-state index in [1.807, 2.05) is 4.90 Å². The van der Waals surface area contributed by atoms with Crippen LogP contribution in [0.15, 0.2) is 54.9 Å². The van der Waals surface area contributed by atoms with Gasteiger partial charge in [0.2, 0.25) is 5.95 Å². The number of anilines is 1. The number of hydrogen-bond donors (Lipinski definition) is 0. The number of aromatic nitrogens is 2. The first-order chi connectivity index (χ1) is 14.5. The lowest BCUT2D eigenvalue weighted by Gasteiger charge is -2.35. The molecule has 2 aromatic carbocycles. The van der Waals surface area contributed by atoms with Crippen LogP contribution in [0.1, 0.15) is 0 Å². The van der Waals surface area contributed by atoms with E-state index >= 15 is 0 Å². The highest BCUT2D eigenvalue weighted by molar-refractivity contribution is 6.35. The lowest BCUT2D eigenvalue weighted by molar-refractivity contribution is -0.133. The molecular formula is C21H19Cl2FN4O2. The van der Waals surface area contributed by atoms with Gasteiger partial charge >= 0.3 is 0 Å². The number of carbonyl (C=O) groups is 1. The molecule has 3 aromatic rings. The Morgan fingerprint density at radius 1 is 1.10 bits per heavy atom. The monoisotopic (exact) mass is 448 g/mol. The molecule has 0 N–H and O–H groups in total. The first-order valence-corrected chi connectivity index (χ1v) is 10.2. The number of ether oxygens (including phenoxy) is 1. The minimum atomic E-state index is -0.316. The van der Waals surface area contributed by atoms with Crippen molar-refractivity contribution in [3.05, 3.63) is 70.7 Å². The van der Waals surface area contributed by atoms with Crippen molar-refractivity contribution in [2.24, 2.45) is 0 Å². The van der Waals surface area contributed by atoms with Crippen LogP contribution in [0.4, 0.5) is 10.3 Å². The molecule has 1 amide bonds. The molecule has 1 saturated heterocycles. The second-order valence-corrected chi connectivity index (χ2v) is 7.62. The fourth-order valence-corrected chi connectivity index (χ4v) is 3.81. The number of nitrogens with zero attached hydrogens (tertiary/aromatic N) is 4. The van der Waals surface area contributed by atoms with Gasteiger partial charge in [0.25, 0.3) is 5.91 Å². The first-order valence-electron chi connectivity index (χ1n) is 9.42. The Morgan fingerprint density at radius 3 is 2.60 bits per heavy atom. The van der Waals surface area contributed by atoms with Crippen molar-refractivity contribution in [3.63, 3.8) is 0 Å². The third kappa shape index (κ3) is 4.37. The summed E-state index contributed by atoms with van der Waals surface area (Å²) in [7, 11) is 0. The number of imidazole rings is 1. The van der Waals surface area contributed by atoms with Crippen LogP contribution >= 0.6 is 23.2 Å². The van der Waals surface area contributed by atoms with Crippen LogP contribution in [0.2, 0.25) is 10.0 Å². The molecule has 1 aliphatic heterocycles. The normalized spacial score (nSPS) is 14.1. The zero-order valence-electron chi connectivity index (χ0n) is 16.0. The molecule has 1 fully saturated rings. The Labute approximate surface area is 183 Å². The Kier molecular flexibility index (Phi) is 6.11. The Morgan fingerprint density at radius 2 is 1.87 bits per heavy atom. The van der Waals surface area contributed by atoms with Crippen molar-refractivity contribution < 1.29 is 13.9 Å². The third-order valence-electron chi connectivity index (χ3n) is 4.89. The molecule has 1 aromatic heterocycles. The molecular weight excluding hydrogens is 430 g/mol. The lowest BCUT2D eigenvalue weighted by Crippen LogP contribution is -2.50. The second-order valence-electron chi connectivity index (χ2n) is 6.78. The van der Waals surface area contributed by atoms with Gasteiger partial charge in [-0.3, -0.25) is 9.36 Å². The van der Waals surface area contributed by atoms with E-state index in [0.717, 1.165) is 0 Å². The van der Waals surface area contributed by atoms with Crippen molar-refractivity contribution >= 4 is 35.1 Å². The summed E-state index contributed by atoms with van der Waals surface area (Å²) in [6.07, 6.45) is 3.37. The molecule has 0 unspecified atom stereocenters. The molecule has 0 radical (unpaired) electrons. The standard InChI is InChI=1S/C21H19Cl2FN4O2/c22-15-5-6-19(16(23)13-15)30-14-20(29)26-9-11-27(12-10-26)21-25-7-8-28(21)18-4-2-1-3-17(18)24/h1-8,13H,9-12,14H2. The van der Waals surface area contributed by atoms with Gasteiger partial charge in [-0.2, -0.15) is 0 Å². The SMILES string of the molecule is O=C(COc1ccc(Cl)cc1Cl)N1CCN(c2nccn2-c2ccccc2F)CC1. The van der Waals surface area contributed by atoms with Crippen LogP contribution in [0, 0.1) is 5.82 Å². The number of halogens is 3. The van der Waals surface area contributed by atoms with E-state index < -0.39 is 0 Å². The summed E-state index contributed by atoms with van der Waals surface area (Å²) in [4.78, 5) is 20.7. The number of para-hydroxylation sites is 1. The molecule has 0 aliphatic carbocycles. The van der Waals surface area contributed by atoms with Gasteiger partial charge in [-0.1, -0.05) is 35.3 Å². The Hall–Kier alpha value is -2.77. The quantitative estimate of drug-likeness (QED) is 0.590. The van der Waals surface area contributed by atoms with E-state index in [-0.39, 0.29) is 18.3 Å². The van der Waals surface area contributed by atoms with Gasteiger partial charge in [0.15, 0.2) is 6.61 Å². The molecule has 156 valence electrons. The highest BCUT2D eigenvalue weighted by Crippen LogP contribution is 2.27. The molecule has 1 aliphatic rings. The molecule has 0 atom stereocenters. The number of carbonyl (C=O) groups excluding carboxylic acids is 1. The van der Waals surface area contributed by atoms with Crippen molar-refractivity contribution in [2.45, 2.75) is 0 Å². The Bertz CT molecular complexity index is 1050. The zero-order valence-corrected chi connectivity index (χ0v) is 17.5. The summed E-state index contributed by atoms with van der Waals surface area (Å²) >= 11 is 11.9. The fourth-order valence-electron chi connectivity index (χ4n) is 3.34. The van der Waals surface area contributed by atoms with Crippen molar-refractivity contribution in [1.29, 1.82) is 0 Å². The summed E-state index contributed by atoms with van der Waals surface area (Å²) in [5.41, 5.74) is 0.441. The molecule has 0 saturated carbocycles. The van der Waals surface area contributed by atoms with Crippen LogP contribution in [0.25, 0.3) is 5.69 Å². The number of benzene rings is 2. The highest BCUT2D eigenvalue weighted by Gasteiger charge is 2.24. The maximum Gasteiger partial charge on any atom is 0.260 e. The first kappa shape index (κ1) is 20.5. The lowest BCUT2D eigenvalue weighted by atomic mass is 10.3. The van der Waals surface area contributed by atoms with E-state index in [0.29, 0.717) is 53.6 Å². The average molecular weight is 449 g/mol.